The monoisotopic (exact) mass is 343 g/mol. The summed E-state index contributed by atoms with van der Waals surface area (Å²) < 4.78 is 6.07. The van der Waals surface area contributed by atoms with Crippen LogP contribution in [0, 0.1) is 6.92 Å². The quantitative estimate of drug-likeness (QED) is 0.712. The second-order valence-electron chi connectivity index (χ2n) is 4.63. The van der Waals surface area contributed by atoms with Gasteiger partial charge < -0.3 is 9.73 Å². The first-order valence-electron chi connectivity index (χ1n) is 6.58. The highest BCUT2D eigenvalue weighted by atomic mass is 79.9. The summed E-state index contributed by atoms with van der Waals surface area (Å²) in [7, 11) is 0. The van der Waals surface area contributed by atoms with Gasteiger partial charge in [0.15, 0.2) is 5.89 Å². The van der Waals surface area contributed by atoms with Gasteiger partial charge in [0.2, 0.25) is 0 Å². The summed E-state index contributed by atoms with van der Waals surface area (Å²) in [5, 5.41) is 3.34. The van der Waals surface area contributed by atoms with E-state index in [2.05, 4.69) is 31.2 Å². The fourth-order valence-electron chi connectivity index (χ4n) is 2.00. The molecule has 1 N–H and O–H groups in total. The third-order valence-corrected chi connectivity index (χ3v) is 3.49. The highest BCUT2D eigenvalue weighted by Crippen LogP contribution is 2.21. The van der Waals surface area contributed by atoms with Crippen molar-refractivity contribution in [3.05, 3.63) is 64.9 Å². The van der Waals surface area contributed by atoms with Crippen molar-refractivity contribution < 1.29 is 4.42 Å². The van der Waals surface area contributed by atoms with E-state index in [1.165, 1.54) is 0 Å². The maximum absolute atomic E-state index is 5.23. The molecule has 5 heteroatoms. The number of aromatic nitrogens is 2. The summed E-state index contributed by atoms with van der Waals surface area (Å²) in [6, 6.07) is 14.0. The molecule has 2 aromatic heterocycles. The SMILES string of the molecule is Cc1nc(-c2ccc(NCc3cccc(Br)n3)cc2)co1. The van der Waals surface area contributed by atoms with Crippen molar-refractivity contribution in [2.75, 3.05) is 5.32 Å². The Bertz CT molecular complexity index is 737. The van der Waals surface area contributed by atoms with E-state index in [0.29, 0.717) is 12.4 Å². The van der Waals surface area contributed by atoms with Crippen LogP contribution in [-0.4, -0.2) is 9.97 Å². The molecule has 0 radical (unpaired) electrons. The van der Waals surface area contributed by atoms with E-state index in [9.17, 15) is 0 Å². The van der Waals surface area contributed by atoms with Crippen molar-refractivity contribution >= 4 is 21.6 Å². The van der Waals surface area contributed by atoms with Gasteiger partial charge in [-0.15, -0.1) is 0 Å². The van der Waals surface area contributed by atoms with Crippen molar-refractivity contribution in [1.82, 2.24) is 9.97 Å². The number of pyridine rings is 1. The minimum absolute atomic E-state index is 0.674. The summed E-state index contributed by atoms with van der Waals surface area (Å²) in [5.41, 5.74) is 3.92. The number of halogens is 1. The van der Waals surface area contributed by atoms with Crippen LogP contribution in [0.2, 0.25) is 0 Å². The lowest BCUT2D eigenvalue weighted by molar-refractivity contribution is 0.521. The van der Waals surface area contributed by atoms with Crippen LogP contribution in [0.1, 0.15) is 11.6 Å². The lowest BCUT2D eigenvalue weighted by Gasteiger charge is -2.06. The molecule has 1 aromatic carbocycles. The smallest absolute Gasteiger partial charge is 0.191 e. The molecule has 106 valence electrons. The first-order valence-corrected chi connectivity index (χ1v) is 7.38. The highest BCUT2D eigenvalue weighted by Gasteiger charge is 2.03. The van der Waals surface area contributed by atoms with Gasteiger partial charge in [0.05, 0.1) is 12.2 Å². The van der Waals surface area contributed by atoms with Gasteiger partial charge in [-0.3, -0.25) is 0 Å². The number of benzene rings is 1. The Morgan fingerprint density at radius 3 is 2.57 bits per heavy atom. The third kappa shape index (κ3) is 3.49. The van der Waals surface area contributed by atoms with Gasteiger partial charge in [-0.2, -0.15) is 0 Å². The fraction of sp³-hybridized carbons (Fsp3) is 0.125. The van der Waals surface area contributed by atoms with Crippen LogP contribution in [0.15, 0.2) is 57.7 Å². The zero-order valence-electron chi connectivity index (χ0n) is 11.5. The molecule has 0 aliphatic carbocycles. The zero-order valence-corrected chi connectivity index (χ0v) is 13.1. The van der Waals surface area contributed by atoms with Crippen LogP contribution < -0.4 is 5.32 Å². The van der Waals surface area contributed by atoms with Gasteiger partial charge in [0.1, 0.15) is 16.6 Å². The number of hydrogen-bond acceptors (Lipinski definition) is 4. The average molecular weight is 344 g/mol. The van der Waals surface area contributed by atoms with Gasteiger partial charge in [-0.1, -0.05) is 18.2 Å². The van der Waals surface area contributed by atoms with Gasteiger partial charge in [-0.25, -0.2) is 9.97 Å². The van der Waals surface area contributed by atoms with Crippen LogP contribution in [0.3, 0.4) is 0 Å². The molecule has 0 saturated carbocycles. The molecule has 0 aliphatic rings. The molecular formula is C16H14BrN3O. The molecule has 0 aliphatic heterocycles. The predicted octanol–water partition coefficient (Wildman–Crippen LogP) is 4.42. The maximum Gasteiger partial charge on any atom is 0.191 e. The largest absolute Gasteiger partial charge is 0.449 e. The Kier molecular flexibility index (Phi) is 4.01. The summed E-state index contributed by atoms with van der Waals surface area (Å²) in [6.45, 7) is 2.52. The molecule has 3 aromatic rings. The van der Waals surface area contributed by atoms with Gasteiger partial charge >= 0.3 is 0 Å². The standard InChI is InChI=1S/C16H14BrN3O/c1-11-19-15(10-21-11)12-5-7-13(8-6-12)18-9-14-3-2-4-16(17)20-14/h2-8,10,18H,9H2,1H3. The second kappa shape index (κ2) is 6.10. The van der Waals surface area contributed by atoms with Crippen molar-refractivity contribution in [2.24, 2.45) is 0 Å². The minimum atomic E-state index is 0.674. The van der Waals surface area contributed by atoms with Gasteiger partial charge in [0.25, 0.3) is 0 Å². The molecule has 0 saturated heterocycles. The summed E-state index contributed by atoms with van der Waals surface area (Å²) in [6.07, 6.45) is 1.67. The van der Waals surface area contributed by atoms with Crippen molar-refractivity contribution in [3.63, 3.8) is 0 Å². The number of anilines is 1. The van der Waals surface area contributed by atoms with E-state index in [0.717, 1.165) is 27.2 Å². The van der Waals surface area contributed by atoms with E-state index in [1.807, 2.05) is 49.4 Å². The molecule has 4 nitrogen and oxygen atoms in total. The van der Waals surface area contributed by atoms with Crippen LogP contribution in [-0.2, 0) is 6.54 Å². The normalized spacial score (nSPS) is 10.6. The number of nitrogens with one attached hydrogen (secondary N) is 1. The molecule has 21 heavy (non-hydrogen) atoms. The topological polar surface area (TPSA) is 51.0 Å². The van der Waals surface area contributed by atoms with E-state index >= 15 is 0 Å². The molecule has 0 bridgehead atoms. The van der Waals surface area contributed by atoms with Crippen LogP contribution >= 0.6 is 15.9 Å². The lowest BCUT2D eigenvalue weighted by Crippen LogP contribution is -2.01. The van der Waals surface area contributed by atoms with Crippen LogP contribution in [0.25, 0.3) is 11.3 Å². The minimum Gasteiger partial charge on any atom is -0.449 e. The Balaban J connectivity index is 1.67. The Morgan fingerprint density at radius 1 is 1.10 bits per heavy atom. The van der Waals surface area contributed by atoms with E-state index in [4.69, 9.17) is 4.42 Å². The molecule has 3 rings (SSSR count). The maximum atomic E-state index is 5.23. The van der Waals surface area contributed by atoms with Crippen LogP contribution in [0.4, 0.5) is 5.69 Å². The first-order chi connectivity index (χ1) is 10.2. The van der Waals surface area contributed by atoms with E-state index in [-0.39, 0.29) is 0 Å². The summed E-state index contributed by atoms with van der Waals surface area (Å²) in [4.78, 5) is 8.70. The third-order valence-electron chi connectivity index (χ3n) is 3.05. The van der Waals surface area contributed by atoms with Gasteiger partial charge in [-0.05, 0) is 40.2 Å². The predicted molar refractivity (Wildman–Crippen MR) is 85.9 cm³/mol. The summed E-state index contributed by atoms with van der Waals surface area (Å²) >= 11 is 3.37. The number of rotatable bonds is 4. The van der Waals surface area contributed by atoms with Crippen molar-refractivity contribution in [2.45, 2.75) is 13.5 Å². The van der Waals surface area contributed by atoms with Gasteiger partial charge in [0, 0.05) is 18.2 Å². The first kappa shape index (κ1) is 13.8. The summed E-state index contributed by atoms with van der Waals surface area (Å²) in [5.74, 6) is 0.674. The molecule has 0 fully saturated rings. The number of nitrogens with zero attached hydrogens (tertiary/aromatic N) is 2. The molecule has 0 atom stereocenters. The average Bonchev–Trinajstić information content (AvgIpc) is 2.92. The fourth-order valence-corrected chi connectivity index (χ4v) is 2.38. The molecule has 2 heterocycles. The molecular weight excluding hydrogens is 330 g/mol. The van der Waals surface area contributed by atoms with E-state index < -0.39 is 0 Å². The van der Waals surface area contributed by atoms with Crippen molar-refractivity contribution in [3.8, 4) is 11.3 Å². The number of oxazole rings is 1. The Labute approximate surface area is 131 Å². The molecule has 0 unspecified atom stereocenters. The zero-order chi connectivity index (χ0) is 14.7. The molecule has 0 amide bonds. The van der Waals surface area contributed by atoms with Crippen molar-refractivity contribution in [1.29, 1.82) is 0 Å². The highest BCUT2D eigenvalue weighted by molar-refractivity contribution is 9.10. The Hall–Kier alpha value is -2.14. The second-order valence-corrected chi connectivity index (χ2v) is 5.45. The number of hydrogen-bond donors (Lipinski definition) is 1. The molecule has 0 spiro atoms. The number of aryl methyl sites for hydroxylation is 1. The Morgan fingerprint density at radius 2 is 1.90 bits per heavy atom. The van der Waals surface area contributed by atoms with E-state index in [1.54, 1.807) is 6.26 Å². The van der Waals surface area contributed by atoms with Crippen LogP contribution in [0.5, 0.6) is 0 Å². The lowest BCUT2D eigenvalue weighted by atomic mass is 10.1.